The van der Waals surface area contributed by atoms with Crippen molar-refractivity contribution < 1.29 is 16.8 Å². The number of aryl methyl sites for hydroxylation is 1. The fraction of sp³-hybridized carbons (Fsp3) is 0.150. The fourth-order valence-corrected chi connectivity index (χ4v) is 5.39. The Kier molecular flexibility index (Phi) is 5.93. The van der Waals surface area contributed by atoms with E-state index in [0.29, 0.717) is 12.0 Å². The van der Waals surface area contributed by atoms with Crippen molar-refractivity contribution in [2.75, 3.05) is 6.54 Å². The third-order valence-electron chi connectivity index (χ3n) is 4.21. The smallest absolute Gasteiger partial charge is 0.240 e. The second kappa shape index (κ2) is 8.22. The van der Waals surface area contributed by atoms with Gasteiger partial charge in [-0.25, -0.2) is 21.6 Å². The molecular weight excluding hydrogens is 396 g/mol. The highest BCUT2D eigenvalue weighted by Crippen LogP contribution is 2.25. The lowest BCUT2D eigenvalue weighted by Crippen LogP contribution is -2.27. The van der Waals surface area contributed by atoms with Crippen LogP contribution >= 0.6 is 0 Å². The van der Waals surface area contributed by atoms with E-state index >= 15 is 0 Å². The summed E-state index contributed by atoms with van der Waals surface area (Å²) in [6.45, 7) is 1.79. The highest BCUT2D eigenvalue weighted by atomic mass is 32.2. The van der Waals surface area contributed by atoms with E-state index < -0.39 is 19.9 Å². The van der Waals surface area contributed by atoms with Gasteiger partial charge in [0, 0.05) is 24.9 Å². The third kappa shape index (κ3) is 4.46. The predicted molar refractivity (Wildman–Crippen MR) is 106 cm³/mol. The van der Waals surface area contributed by atoms with Crippen LogP contribution in [-0.4, -0.2) is 28.4 Å². The van der Waals surface area contributed by atoms with Crippen molar-refractivity contribution in [3.8, 4) is 0 Å². The average Bonchev–Trinajstić information content (AvgIpc) is 2.69. The van der Waals surface area contributed by atoms with Crippen LogP contribution in [0.4, 0.5) is 0 Å². The molecule has 0 bridgehead atoms. The third-order valence-corrected chi connectivity index (χ3v) is 7.58. The molecule has 8 heteroatoms. The van der Waals surface area contributed by atoms with Crippen LogP contribution < -0.4 is 4.72 Å². The molecule has 28 heavy (non-hydrogen) atoms. The number of aromatic nitrogens is 1. The number of hydrogen-bond donors (Lipinski definition) is 1. The number of benzene rings is 2. The number of nitrogens with one attached hydrogen (secondary N) is 1. The van der Waals surface area contributed by atoms with E-state index in [1.807, 2.05) is 12.1 Å². The Labute approximate surface area is 165 Å². The maximum atomic E-state index is 12.8. The maximum absolute atomic E-state index is 12.8. The molecule has 0 aliphatic heterocycles. The summed E-state index contributed by atoms with van der Waals surface area (Å²) >= 11 is 0. The minimum atomic E-state index is -3.87. The number of hydrogen-bond acceptors (Lipinski definition) is 5. The molecule has 3 rings (SSSR count). The first-order chi connectivity index (χ1) is 13.3. The maximum Gasteiger partial charge on any atom is 0.240 e. The van der Waals surface area contributed by atoms with Crippen LogP contribution in [-0.2, 0) is 26.3 Å². The lowest BCUT2D eigenvalue weighted by molar-refractivity contribution is 0.580. The van der Waals surface area contributed by atoms with Gasteiger partial charge in [0.25, 0.3) is 0 Å². The standard InChI is InChI=1S/C20H20N2O4S2/c1-16-10-11-19(27(23,24)18-8-3-2-4-9-18)15-20(16)28(25,26)22-14-12-17-7-5-6-13-21-17/h2-11,13,15,22H,12,14H2,1H3. The van der Waals surface area contributed by atoms with E-state index in [4.69, 9.17) is 0 Å². The molecule has 1 N–H and O–H groups in total. The monoisotopic (exact) mass is 416 g/mol. The Hall–Kier alpha value is -2.55. The van der Waals surface area contributed by atoms with Crippen molar-refractivity contribution in [2.45, 2.75) is 28.0 Å². The van der Waals surface area contributed by atoms with E-state index in [0.717, 1.165) is 5.69 Å². The predicted octanol–water partition coefficient (Wildman–Crippen LogP) is 2.74. The van der Waals surface area contributed by atoms with Gasteiger partial charge in [-0.15, -0.1) is 0 Å². The molecular formula is C20H20N2O4S2. The van der Waals surface area contributed by atoms with Gasteiger partial charge >= 0.3 is 0 Å². The molecule has 0 unspecified atom stereocenters. The van der Waals surface area contributed by atoms with Crippen LogP contribution in [0.5, 0.6) is 0 Å². The topological polar surface area (TPSA) is 93.2 Å². The lowest BCUT2D eigenvalue weighted by atomic mass is 10.2. The molecule has 1 heterocycles. The minimum absolute atomic E-state index is 0.0504. The molecule has 0 saturated carbocycles. The van der Waals surface area contributed by atoms with Gasteiger partial charge in [0.2, 0.25) is 19.9 Å². The summed E-state index contributed by atoms with van der Waals surface area (Å²) in [5.74, 6) is 0. The minimum Gasteiger partial charge on any atom is -0.261 e. The second-order valence-electron chi connectivity index (χ2n) is 6.21. The van der Waals surface area contributed by atoms with Gasteiger partial charge in [-0.3, -0.25) is 4.98 Å². The van der Waals surface area contributed by atoms with Crippen LogP contribution in [0.2, 0.25) is 0 Å². The number of rotatable bonds is 7. The molecule has 0 radical (unpaired) electrons. The molecule has 6 nitrogen and oxygen atoms in total. The SMILES string of the molecule is Cc1ccc(S(=O)(=O)c2ccccc2)cc1S(=O)(=O)NCCc1ccccn1. The molecule has 146 valence electrons. The molecule has 0 atom stereocenters. The van der Waals surface area contributed by atoms with Gasteiger partial charge in [0.1, 0.15) is 0 Å². The average molecular weight is 417 g/mol. The molecule has 1 aromatic heterocycles. The summed E-state index contributed by atoms with van der Waals surface area (Å²) in [5, 5.41) is 0. The normalized spacial score (nSPS) is 12.0. The van der Waals surface area contributed by atoms with Gasteiger partial charge in [-0.1, -0.05) is 30.3 Å². The highest BCUT2D eigenvalue weighted by Gasteiger charge is 2.23. The number of sulfonamides is 1. The first-order valence-electron chi connectivity index (χ1n) is 8.61. The van der Waals surface area contributed by atoms with E-state index in [-0.39, 0.29) is 21.2 Å². The van der Waals surface area contributed by atoms with Crippen molar-refractivity contribution in [3.05, 3.63) is 84.2 Å². The Balaban J connectivity index is 1.86. The van der Waals surface area contributed by atoms with Crippen molar-refractivity contribution in [1.82, 2.24) is 9.71 Å². The van der Waals surface area contributed by atoms with Gasteiger partial charge < -0.3 is 0 Å². The Morgan fingerprint density at radius 2 is 1.57 bits per heavy atom. The summed E-state index contributed by atoms with van der Waals surface area (Å²) in [6, 6.07) is 17.5. The molecule has 0 fully saturated rings. The Bertz CT molecular complexity index is 1160. The molecule has 0 saturated heterocycles. The zero-order valence-corrected chi connectivity index (χ0v) is 16.9. The summed E-state index contributed by atoms with van der Waals surface area (Å²) < 4.78 is 53.6. The first kappa shape index (κ1) is 20.2. The summed E-state index contributed by atoms with van der Waals surface area (Å²) in [7, 11) is -7.67. The number of nitrogens with zero attached hydrogens (tertiary/aromatic N) is 1. The quantitative estimate of drug-likeness (QED) is 0.639. The molecule has 2 aromatic carbocycles. The number of pyridine rings is 1. The fourth-order valence-electron chi connectivity index (χ4n) is 2.71. The van der Waals surface area contributed by atoms with E-state index in [2.05, 4.69) is 9.71 Å². The Morgan fingerprint density at radius 1 is 0.857 bits per heavy atom. The lowest BCUT2D eigenvalue weighted by Gasteiger charge is -2.12. The largest absolute Gasteiger partial charge is 0.261 e. The van der Waals surface area contributed by atoms with Crippen molar-refractivity contribution >= 4 is 19.9 Å². The first-order valence-corrected chi connectivity index (χ1v) is 11.6. The van der Waals surface area contributed by atoms with E-state index in [9.17, 15) is 16.8 Å². The Morgan fingerprint density at radius 3 is 2.25 bits per heavy atom. The van der Waals surface area contributed by atoms with E-state index in [1.165, 1.54) is 30.3 Å². The van der Waals surface area contributed by atoms with Crippen LogP contribution in [0.25, 0.3) is 0 Å². The zero-order chi connectivity index (χ0) is 20.2. The second-order valence-corrected chi connectivity index (χ2v) is 9.90. The van der Waals surface area contributed by atoms with Crippen molar-refractivity contribution in [3.63, 3.8) is 0 Å². The molecule has 0 amide bonds. The van der Waals surface area contributed by atoms with Crippen LogP contribution in [0.3, 0.4) is 0 Å². The zero-order valence-electron chi connectivity index (χ0n) is 15.2. The van der Waals surface area contributed by atoms with Gasteiger partial charge in [-0.05, 0) is 48.9 Å². The molecule has 0 aliphatic carbocycles. The van der Waals surface area contributed by atoms with Crippen molar-refractivity contribution in [1.29, 1.82) is 0 Å². The van der Waals surface area contributed by atoms with Gasteiger partial charge in [-0.2, -0.15) is 0 Å². The van der Waals surface area contributed by atoms with Crippen LogP contribution in [0.15, 0.2) is 87.6 Å². The van der Waals surface area contributed by atoms with Gasteiger partial charge in [0.05, 0.1) is 14.7 Å². The summed E-state index contributed by atoms with van der Waals surface area (Å²) in [6.07, 6.45) is 2.08. The van der Waals surface area contributed by atoms with E-state index in [1.54, 1.807) is 37.4 Å². The van der Waals surface area contributed by atoms with Crippen molar-refractivity contribution in [2.24, 2.45) is 0 Å². The highest BCUT2D eigenvalue weighted by molar-refractivity contribution is 7.91. The molecule has 0 aliphatic rings. The van der Waals surface area contributed by atoms with Crippen LogP contribution in [0, 0.1) is 6.92 Å². The molecule has 0 spiro atoms. The summed E-state index contributed by atoms with van der Waals surface area (Å²) in [5.41, 5.74) is 1.24. The summed E-state index contributed by atoms with van der Waals surface area (Å²) in [4.78, 5) is 4.16. The van der Waals surface area contributed by atoms with Gasteiger partial charge in [0.15, 0.2) is 0 Å². The number of sulfone groups is 1. The molecule has 3 aromatic rings. The van der Waals surface area contributed by atoms with Crippen LogP contribution in [0.1, 0.15) is 11.3 Å².